The number of rotatable bonds is 10. The standard InChI is InChI=1S/C27H27F2N7O3/c1-17(37)31-12-21-14-36(27(38)39-21)20-7-8-22(23(29)11-20)19-5-3-18(4-6-19)13-35-16-34-24-25(30-10-2-9-28)32-15-33-26(24)35/h3-8,11,15-16,21H,2,9-10,12-14H2,1H3,(H,31,37)(H,30,32,33). The highest BCUT2D eigenvalue weighted by atomic mass is 19.1. The Kier molecular flexibility index (Phi) is 7.62. The Bertz CT molecular complexity index is 1490. The van der Waals surface area contributed by atoms with Crippen molar-refractivity contribution < 1.29 is 23.1 Å². The maximum absolute atomic E-state index is 15.1. The number of hydrogen-bond acceptors (Lipinski definition) is 7. The fourth-order valence-corrected chi connectivity index (χ4v) is 4.39. The van der Waals surface area contributed by atoms with E-state index in [1.807, 2.05) is 28.8 Å². The Morgan fingerprint density at radius 3 is 2.72 bits per heavy atom. The van der Waals surface area contributed by atoms with Crippen molar-refractivity contribution in [2.45, 2.75) is 26.0 Å². The lowest BCUT2D eigenvalue weighted by Gasteiger charge is -2.15. The number of carbonyl (C=O) groups excluding carboxylic acids is 2. The number of nitrogens with one attached hydrogen (secondary N) is 2. The number of benzene rings is 2. The van der Waals surface area contributed by atoms with E-state index in [2.05, 4.69) is 25.6 Å². The number of imidazole rings is 1. The summed E-state index contributed by atoms with van der Waals surface area (Å²) in [6.07, 6.45) is 2.42. The van der Waals surface area contributed by atoms with Crippen LogP contribution in [0, 0.1) is 5.82 Å². The van der Waals surface area contributed by atoms with E-state index in [4.69, 9.17) is 4.74 Å². The summed E-state index contributed by atoms with van der Waals surface area (Å²) in [6.45, 7) is 2.34. The largest absolute Gasteiger partial charge is 0.442 e. The van der Waals surface area contributed by atoms with Gasteiger partial charge in [0, 0.05) is 19.0 Å². The smallest absolute Gasteiger partial charge is 0.414 e. The summed E-state index contributed by atoms with van der Waals surface area (Å²) in [6, 6.07) is 12.1. The minimum Gasteiger partial charge on any atom is -0.442 e. The number of hydrogen-bond donors (Lipinski definition) is 2. The van der Waals surface area contributed by atoms with E-state index in [1.54, 1.807) is 18.5 Å². The van der Waals surface area contributed by atoms with E-state index >= 15 is 4.39 Å². The molecule has 202 valence electrons. The predicted molar refractivity (Wildman–Crippen MR) is 142 cm³/mol. The van der Waals surface area contributed by atoms with Crippen LogP contribution in [0.1, 0.15) is 18.9 Å². The quantitative estimate of drug-likeness (QED) is 0.296. The second kappa shape index (κ2) is 11.4. The van der Waals surface area contributed by atoms with Crippen LogP contribution >= 0.6 is 0 Å². The Balaban J connectivity index is 1.27. The molecule has 0 spiro atoms. The number of amides is 2. The molecule has 5 rings (SSSR count). The van der Waals surface area contributed by atoms with Gasteiger partial charge in [-0.05, 0) is 35.7 Å². The van der Waals surface area contributed by atoms with Crippen LogP contribution in [0.5, 0.6) is 0 Å². The third kappa shape index (κ3) is 5.79. The number of ether oxygens (including phenoxy) is 1. The molecule has 3 heterocycles. The lowest BCUT2D eigenvalue weighted by Crippen LogP contribution is -2.33. The van der Waals surface area contributed by atoms with E-state index in [-0.39, 0.29) is 19.0 Å². The summed E-state index contributed by atoms with van der Waals surface area (Å²) in [5, 5.41) is 5.70. The van der Waals surface area contributed by atoms with Gasteiger partial charge >= 0.3 is 6.09 Å². The average Bonchev–Trinajstić information content (AvgIpc) is 3.51. The fourth-order valence-electron chi connectivity index (χ4n) is 4.39. The molecule has 2 amide bonds. The van der Waals surface area contributed by atoms with Gasteiger partial charge in [0.1, 0.15) is 23.8 Å². The second-order valence-corrected chi connectivity index (χ2v) is 9.15. The van der Waals surface area contributed by atoms with Crippen LogP contribution in [0.2, 0.25) is 0 Å². The van der Waals surface area contributed by atoms with Crippen molar-refractivity contribution in [2.24, 2.45) is 0 Å². The highest BCUT2D eigenvalue weighted by Gasteiger charge is 2.32. The first-order chi connectivity index (χ1) is 18.9. The summed E-state index contributed by atoms with van der Waals surface area (Å²) in [5.74, 6) is -0.124. The third-order valence-electron chi connectivity index (χ3n) is 6.34. The van der Waals surface area contributed by atoms with Crippen LogP contribution in [0.3, 0.4) is 0 Å². The van der Waals surface area contributed by atoms with E-state index < -0.39 is 24.7 Å². The van der Waals surface area contributed by atoms with Gasteiger partial charge in [0.15, 0.2) is 11.5 Å². The molecule has 39 heavy (non-hydrogen) atoms. The fraction of sp³-hybridized carbons (Fsp3) is 0.296. The zero-order valence-corrected chi connectivity index (χ0v) is 21.2. The molecule has 4 aromatic rings. The lowest BCUT2D eigenvalue weighted by atomic mass is 10.0. The topological polar surface area (TPSA) is 114 Å². The van der Waals surface area contributed by atoms with Gasteiger partial charge in [-0.3, -0.25) is 14.1 Å². The Hall–Kier alpha value is -4.61. The summed E-state index contributed by atoms with van der Waals surface area (Å²) >= 11 is 0. The number of carbonyl (C=O) groups is 2. The molecule has 0 radical (unpaired) electrons. The number of halogens is 2. The summed E-state index contributed by atoms with van der Waals surface area (Å²) in [7, 11) is 0. The highest BCUT2D eigenvalue weighted by molar-refractivity contribution is 5.90. The molecule has 12 heteroatoms. The van der Waals surface area contributed by atoms with Crippen molar-refractivity contribution in [3.05, 3.63) is 66.5 Å². The van der Waals surface area contributed by atoms with Gasteiger partial charge < -0.3 is 19.9 Å². The molecule has 2 aromatic heterocycles. The molecule has 0 aliphatic carbocycles. The first kappa shape index (κ1) is 26.0. The minimum absolute atomic E-state index is 0.199. The molecule has 0 bridgehead atoms. The van der Waals surface area contributed by atoms with Crippen LogP contribution in [0.15, 0.2) is 55.1 Å². The number of cyclic esters (lactones) is 1. The van der Waals surface area contributed by atoms with Crippen LogP contribution in [-0.4, -0.2) is 63.9 Å². The van der Waals surface area contributed by atoms with Gasteiger partial charge in [-0.25, -0.2) is 24.1 Å². The maximum Gasteiger partial charge on any atom is 0.414 e. The highest BCUT2D eigenvalue weighted by Crippen LogP contribution is 2.29. The second-order valence-electron chi connectivity index (χ2n) is 9.15. The monoisotopic (exact) mass is 535 g/mol. The first-order valence-electron chi connectivity index (χ1n) is 12.5. The first-order valence-corrected chi connectivity index (χ1v) is 12.5. The van der Waals surface area contributed by atoms with Gasteiger partial charge in [0.2, 0.25) is 5.91 Å². The molecule has 1 aliphatic rings. The molecule has 1 aliphatic heterocycles. The summed E-state index contributed by atoms with van der Waals surface area (Å²) < 4.78 is 34.7. The van der Waals surface area contributed by atoms with Crippen molar-refractivity contribution in [2.75, 3.05) is 36.5 Å². The molecule has 2 aromatic carbocycles. The number of aromatic nitrogens is 4. The number of fused-ring (bicyclic) bond motifs is 1. The molecule has 1 unspecified atom stereocenters. The van der Waals surface area contributed by atoms with Crippen molar-refractivity contribution in [1.82, 2.24) is 24.8 Å². The number of anilines is 2. The molecular formula is C27H27F2N7O3. The van der Waals surface area contributed by atoms with Crippen molar-refractivity contribution in [3.8, 4) is 11.1 Å². The van der Waals surface area contributed by atoms with Crippen LogP contribution in [0.25, 0.3) is 22.3 Å². The maximum atomic E-state index is 15.1. The zero-order chi connectivity index (χ0) is 27.4. The molecule has 0 saturated carbocycles. The van der Waals surface area contributed by atoms with Gasteiger partial charge in [-0.2, -0.15) is 0 Å². The molecule has 2 N–H and O–H groups in total. The summed E-state index contributed by atoms with van der Waals surface area (Å²) in [4.78, 5) is 37.7. The van der Waals surface area contributed by atoms with Gasteiger partial charge in [0.05, 0.1) is 38.3 Å². The van der Waals surface area contributed by atoms with E-state index in [1.165, 1.54) is 24.2 Å². The summed E-state index contributed by atoms with van der Waals surface area (Å²) in [5.41, 5.74) is 3.70. The predicted octanol–water partition coefficient (Wildman–Crippen LogP) is 3.91. The van der Waals surface area contributed by atoms with Gasteiger partial charge in [0.25, 0.3) is 0 Å². The Morgan fingerprint density at radius 2 is 1.97 bits per heavy atom. The zero-order valence-electron chi connectivity index (χ0n) is 21.2. The average molecular weight is 536 g/mol. The van der Waals surface area contributed by atoms with Crippen molar-refractivity contribution in [1.29, 1.82) is 0 Å². The number of nitrogens with zero attached hydrogens (tertiary/aromatic N) is 5. The van der Waals surface area contributed by atoms with E-state index in [0.29, 0.717) is 53.3 Å². The van der Waals surface area contributed by atoms with Crippen LogP contribution in [-0.2, 0) is 16.1 Å². The SMILES string of the molecule is CC(=O)NCC1CN(c2ccc(-c3ccc(Cn4cnc5c(NCCCF)ncnc54)cc3)c(F)c2)C(=O)O1. The molecule has 1 fully saturated rings. The van der Waals surface area contributed by atoms with Crippen LogP contribution in [0.4, 0.5) is 25.1 Å². The molecule has 1 atom stereocenters. The Labute approximate surface area is 223 Å². The van der Waals surface area contributed by atoms with Gasteiger partial charge in [-0.1, -0.05) is 24.3 Å². The minimum atomic E-state index is -0.582. The van der Waals surface area contributed by atoms with E-state index in [0.717, 1.165) is 5.56 Å². The third-order valence-corrected chi connectivity index (χ3v) is 6.34. The number of alkyl halides is 1. The van der Waals surface area contributed by atoms with Crippen molar-refractivity contribution in [3.63, 3.8) is 0 Å². The lowest BCUT2D eigenvalue weighted by molar-refractivity contribution is -0.119. The normalized spacial score (nSPS) is 15.0. The van der Waals surface area contributed by atoms with Crippen molar-refractivity contribution >= 4 is 34.7 Å². The molecular weight excluding hydrogens is 508 g/mol. The van der Waals surface area contributed by atoms with Gasteiger partial charge in [-0.15, -0.1) is 0 Å². The molecule has 1 saturated heterocycles. The Morgan fingerprint density at radius 1 is 1.15 bits per heavy atom. The van der Waals surface area contributed by atoms with Crippen LogP contribution < -0.4 is 15.5 Å². The van der Waals surface area contributed by atoms with E-state index in [9.17, 15) is 14.0 Å². The molecule has 10 nitrogen and oxygen atoms in total.